The van der Waals surface area contributed by atoms with Crippen molar-refractivity contribution in [2.75, 3.05) is 0 Å². The number of nitrogens with one attached hydrogen (secondary N) is 1. The number of rotatable bonds is 2. The van der Waals surface area contributed by atoms with E-state index in [2.05, 4.69) is 9.97 Å². The van der Waals surface area contributed by atoms with Gasteiger partial charge in [-0.1, -0.05) is 0 Å². The van der Waals surface area contributed by atoms with E-state index in [0.717, 1.165) is 22.9 Å². The van der Waals surface area contributed by atoms with Gasteiger partial charge in [0.2, 0.25) is 0 Å². The van der Waals surface area contributed by atoms with E-state index in [1.165, 1.54) is 6.08 Å². The molecular weight excluding hydrogens is 164 g/mol. The average Bonchev–Trinajstić information content (AvgIpc) is 2.58. The summed E-state index contributed by atoms with van der Waals surface area (Å²) >= 11 is 0. The molecule has 0 aromatic carbocycles. The predicted molar refractivity (Wildman–Crippen MR) is 51.2 cm³/mol. The first-order chi connectivity index (χ1) is 6.42. The van der Waals surface area contributed by atoms with Gasteiger partial charge in [0.25, 0.3) is 0 Å². The summed E-state index contributed by atoms with van der Waals surface area (Å²) in [7, 11) is 0. The van der Waals surface area contributed by atoms with Gasteiger partial charge < -0.3 is 4.98 Å². The van der Waals surface area contributed by atoms with Crippen molar-refractivity contribution in [2.24, 2.45) is 0 Å². The lowest BCUT2D eigenvalue weighted by molar-refractivity contribution is -0.104. The zero-order valence-corrected chi connectivity index (χ0v) is 6.90. The summed E-state index contributed by atoms with van der Waals surface area (Å²) in [4.78, 5) is 17.3. The predicted octanol–water partition coefficient (Wildman–Crippen LogP) is 1.77. The van der Waals surface area contributed by atoms with Gasteiger partial charge in [0, 0.05) is 23.3 Å². The molecule has 2 heterocycles. The van der Waals surface area contributed by atoms with Crippen molar-refractivity contribution in [3.8, 4) is 0 Å². The highest BCUT2D eigenvalue weighted by molar-refractivity contribution is 5.88. The minimum Gasteiger partial charge on any atom is -0.346 e. The fourth-order valence-corrected chi connectivity index (χ4v) is 1.26. The van der Waals surface area contributed by atoms with E-state index in [4.69, 9.17) is 0 Å². The maximum atomic E-state index is 10.1. The molecule has 0 amide bonds. The van der Waals surface area contributed by atoms with Gasteiger partial charge in [-0.05, 0) is 24.3 Å². The lowest BCUT2D eigenvalue weighted by Gasteiger charge is -1.87. The number of aldehydes is 1. The SMILES string of the molecule is O=C/C=C/c1c[nH]c2ncccc12. The highest BCUT2D eigenvalue weighted by Gasteiger charge is 1.98. The number of pyridine rings is 1. The van der Waals surface area contributed by atoms with E-state index in [1.807, 2.05) is 18.3 Å². The van der Waals surface area contributed by atoms with E-state index in [9.17, 15) is 4.79 Å². The van der Waals surface area contributed by atoms with Crippen LogP contribution in [-0.2, 0) is 4.79 Å². The smallest absolute Gasteiger partial charge is 0.142 e. The first-order valence-corrected chi connectivity index (χ1v) is 3.96. The van der Waals surface area contributed by atoms with Crippen LogP contribution in [0.3, 0.4) is 0 Å². The molecule has 1 N–H and O–H groups in total. The van der Waals surface area contributed by atoms with Crippen LogP contribution in [0, 0.1) is 0 Å². The quantitative estimate of drug-likeness (QED) is 0.554. The number of carbonyl (C=O) groups is 1. The third kappa shape index (κ3) is 1.36. The normalized spacial score (nSPS) is 11.1. The molecule has 0 spiro atoms. The van der Waals surface area contributed by atoms with Crippen molar-refractivity contribution in [3.63, 3.8) is 0 Å². The van der Waals surface area contributed by atoms with Crippen LogP contribution < -0.4 is 0 Å². The van der Waals surface area contributed by atoms with Crippen molar-refractivity contribution < 1.29 is 4.79 Å². The molecule has 0 aliphatic carbocycles. The molecule has 0 aliphatic heterocycles. The minimum absolute atomic E-state index is 0.759. The van der Waals surface area contributed by atoms with Crippen LogP contribution in [0.5, 0.6) is 0 Å². The maximum absolute atomic E-state index is 10.1. The first kappa shape index (κ1) is 7.73. The van der Waals surface area contributed by atoms with Crippen molar-refractivity contribution in [1.82, 2.24) is 9.97 Å². The molecule has 2 rings (SSSR count). The molecule has 0 unspecified atom stereocenters. The summed E-state index contributed by atoms with van der Waals surface area (Å²) in [6.07, 6.45) is 7.54. The first-order valence-electron chi connectivity index (χ1n) is 3.96. The molecule has 3 nitrogen and oxygen atoms in total. The largest absolute Gasteiger partial charge is 0.346 e. The average molecular weight is 172 g/mol. The Morgan fingerprint density at radius 3 is 3.23 bits per heavy atom. The number of hydrogen-bond acceptors (Lipinski definition) is 2. The van der Waals surface area contributed by atoms with Crippen molar-refractivity contribution >= 4 is 23.4 Å². The molecule has 2 aromatic heterocycles. The number of hydrogen-bond donors (Lipinski definition) is 1. The van der Waals surface area contributed by atoms with Gasteiger partial charge in [0.15, 0.2) is 0 Å². The van der Waals surface area contributed by atoms with Crippen LogP contribution in [0.1, 0.15) is 5.56 Å². The van der Waals surface area contributed by atoms with Gasteiger partial charge >= 0.3 is 0 Å². The Morgan fingerprint density at radius 1 is 1.46 bits per heavy atom. The van der Waals surface area contributed by atoms with Gasteiger partial charge in [-0.2, -0.15) is 0 Å². The monoisotopic (exact) mass is 172 g/mol. The van der Waals surface area contributed by atoms with E-state index < -0.39 is 0 Å². The summed E-state index contributed by atoms with van der Waals surface area (Å²) in [6, 6.07) is 3.83. The molecule has 0 radical (unpaired) electrons. The minimum atomic E-state index is 0.759. The summed E-state index contributed by atoms with van der Waals surface area (Å²) in [5.41, 5.74) is 1.82. The number of H-pyrrole nitrogens is 1. The second-order valence-electron chi connectivity index (χ2n) is 2.64. The zero-order chi connectivity index (χ0) is 9.10. The van der Waals surface area contributed by atoms with Crippen molar-refractivity contribution in [2.45, 2.75) is 0 Å². The molecular formula is C10H8N2O. The lowest BCUT2D eigenvalue weighted by Crippen LogP contribution is -1.72. The third-order valence-corrected chi connectivity index (χ3v) is 1.84. The van der Waals surface area contributed by atoms with Crippen LogP contribution in [0.4, 0.5) is 0 Å². The Hall–Kier alpha value is -1.90. The van der Waals surface area contributed by atoms with Gasteiger partial charge in [-0.25, -0.2) is 4.98 Å². The summed E-state index contributed by atoms with van der Waals surface area (Å²) < 4.78 is 0. The van der Waals surface area contributed by atoms with Crippen LogP contribution >= 0.6 is 0 Å². The molecule has 64 valence electrons. The standard InChI is InChI=1S/C10H8N2O/c13-6-2-3-8-7-12-10-9(8)4-1-5-11-10/h1-7H,(H,11,12)/b3-2+. The molecule has 0 fully saturated rings. The Morgan fingerprint density at radius 2 is 2.38 bits per heavy atom. The topological polar surface area (TPSA) is 45.8 Å². The second-order valence-corrected chi connectivity index (χ2v) is 2.64. The lowest BCUT2D eigenvalue weighted by atomic mass is 10.2. The van der Waals surface area contributed by atoms with Crippen LogP contribution in [-0.4, -0.2) is 16.3 Å². The number of aromatic amines is 1. The fourth-order valence-electron chi connectivity index (χ4n) is 1.26. The van der Waals surface area contributed by atoms with E-state index >= 15 is 0 Å². The summed E-state index contributed by atoms with van der Waals surface area (Å²) in [6.45, 7) is 0. The van der Waals surface area contributed by atoms with E-state index in [-0.39, 0.29) is 0 Å². The number of allylic oxidation sites excluding steroid dienone is 1. The van der Waals surface area contributed by atoms with Crippen LogP contribution in [0.25, 0.3) is 17.1 Å². The molecule has 3 heteroatoms. The molecule has 0 bridgehead atoms. The third-order valence-electron chi connectivity index (χ3n) is 1.84. The van der Waals surface area contributed by atoms with E-state index in [0.29, 0.717) is 0 Å². The van der Waals surface area contributed by atoms with E-state index in [1.54, 1.807) is 12.3 Å². The molecule has 0 atom stereocenters. The number of carbonyl (C=O) groups excluding carboxylic acids is 1. The number of nitrogens with zero attached hydrogens (tertiary/aromatic N) is 1. The Balaban J connectivity index is 2.57. The zero-order valence-electron chi connectivity index (χ0n) is 6.90. The molecule has 0 saturated carbocycles. The Labute approximate surface area is 75.1 Å². The van der Waals surface area contributed by atoms with Crippen molar-refractivity contribution in [3.05, 3.63) is 36.2 Å². The van der Waals surface area contributed by atoms with Gasteiger partial charge in [0.05, 0.1) is 0 Å². The molecule has 0 aliphatic rings. The highest BCUT2D eigenvalue weighted by Crippen LogP contribution is 2.16. The summed E-state index contributed by atoms with van der Waals surface area (Å²) in [5.74, 6) is 0. The van der Waals surface area contributed by atoms with Gasteiger partial charge in [-0.3, -0.25) is 4.79 Å². The Kier molecular flexibility index (Phi) is 1.92. The van der Waals surface area contributed by atoms with Crippen LogP contribution in [0.15, 0.2) is 30.6 Å². The highest BCUT2D eigenvalue weighted by atomic mass is 16.1. The molecule has 13 heavy (non-hydrogen) atoms. The van der Waals surface area contributed by atoms with Gasteiger partial charge in [-0.15, -0.1) is 0 Å². The number of fused-ring (bicyclic) bond motifs is 1. The fraction of sp³-hybridized carbons (Fsp3) is 0. The molecule has 2 aromatic rings. The van der Waals surface area contributed by atoms with Crippen molar-refractivity contribution in [1.29, 1.82) is 0 Å². The molecule has 0 saturated heterocycles. The Bertz CT molecular complexity index is 457. The maximum Gasteiger partial charge on any atom is 0.142 e. The summed E-state index contributed by atoms with van der Waals surface area (Å²) in [5, 5.41) is 1.03. The van der Waals surface area contributed by atoms with Crippen LogP contribution in [0.2, 0.25) is 0 Å². The second kappa shape index (κ2) is 3.23. The van der Waals surface area contributed by atoms with Gasteiger partial charge in [0.1, 0.15) is 11.9 Å². The number of aromatic nitrogens is 2.